The fourth-order valence-electron chi connectivity index (χ4n) is 1.57. The maximum absolute atomic E-state index is 5.58. The fourth-order valence-corrected chi connectivity index (χ4v) is 1.57. The van der Waals surface area contributed by atoms with E-state index in [2.05, 4.69) is 31.0 Å². The lowest BCUT2D eigenvalue weighted by Gasteiger charge is -2.15. The number of hydrogen-bond donors (Lipinski definition) is 1. The lowest BCUT2D eigenvalue weighted by molar-refractivity contribution is 0.538. The molecule has 0 fully saturated rings. The minimum Gasteiger partial charge on any atom is -0.326 e. The zero-order chi connectivity index (χ0) is 11.1. The molecule has 4 heteroatoms. The molecule has 80 valence electrons. The van der Waals surface area contributed by atoms with Crippen molar-refractivity contribution >= 4 is 5.65 Å². The van der Waals surface area contributed by atoms with E-state index < -0.39 is 0 Å². The van der Waals surface area contributed by atoms with Crippen LogP contribution in [-0.4, -0.2) is 14.6 Å². The number of pyridine rings is 1. The molecule has 2 N–H and O–H groups in total. The molecule has 0 spiro atoms. The van der Waals surface area contributed by atoms with E-state index in [4.69, 9.17) is 5.73 Å². The second-order valence-corrected chi connectivity index (χ2v) is 4.74. The number of rotatable bonds is 1. The Balaban J connectivity index is 2.62. The molecule has 0 aliphatic heterocycles. The third-order valence-corrected chi connectivity index (χ3v) is 2.38. The predicted octanol–water partition coefficient (Wildman–Crippen LogP) is 1.49. The first kappa shape index (κ1) is 10.1. The van der Waals surface area contributed by atoms with Crippen molar-refractivity contribution in [1.82, 2.24) is 14.6 Å². The van der Waals surface area contributed by atoms with E-state index >= 15 is 0 Å². The molecule has 2 heterocycles. The molecule has 0 unspecified atom stereocenters. The topological polar surface area (TPSA) is 56.2 Å². The van der Waals surface area contributed by atoms with Gasteiger partial charge in [-0.25, -0.2) is 0 Å². The average Bonchev–Trinajstić information content (AvgIpc) is 2.59. The van der Waals surface area contributed by atoms with Gasteiger partial charge < -0.3 is 5.73 Å². The highest BCUT2D eigenvalue weighted by molar-refractivity contribution is 5.41. The minimum atomic E-state index is 0.00362. The Bertz CT molecular complexity index is 479. The molecular weight excluding hydrogens is 188 g/mol. The van der Waals surface area contributed by atoms with Crippen LogP contribution in [0.1, 0.15) is 32.2 Å². The number of nitrogens with zero attached hydrogens (tertiary/aromatic N) is 3. The minimum absolute atomic E-state index is 0.00362. The first-order valence-corrected chi connectivity index (χ1v) is 5.06. The monoisotopic (exact) mass is 204 g/mol. The maximum Gasteiger partial charge on any atom is 0.161 e. The Morgan fingerprint density at radius 1 is 1.33 bits per heavy atom. The first-order valence-electron chi connectivity index (χ1n) is 5.06. The second-order valence-electron chi connectivity index (χ2n) is 4.74. The summed E-state index contributed by atoms with van der Waals surface area (Å²) >= 11 is 0. The highest BCUT2D eigenvalue weighted by Gasteiger charge is 2.20. The Kier molecular flexibility index (Phi) is 2.23. The molecule has 0 amide bonds. The van der Waals surface area contributed by atoms with E-state index in [0.29, 0.717) is 6.54 Å². The molecule has 0 bridgehead atoms. The Morgan fingerprint density at radius 3 is 2.67 bits per heavy atom. The Labute approximate surface area is 89.1 Å². The summed E-state index contributed by atoms with van der Waals surface area (Å²) < 4.78 is 2.01. The van der Waals surface area contributed by atoms with Gasteiger partial charge in [0, 0.05) is 18.2 Å². The average molecular weight is 204 g/mol. The standard InChI is InChI=1S/C11H16N4/c1-11(2,3)10-14-13-9-6-8(7-12)4-5-15(9)10/h4-6H,7,12H2,1-3H3. The van der Waals surface area contributed by atoms with Gasteiger partial charge in [0.2, 0.25) is 0 Å². The molecular formula is C11H16N4. The van der Waals surface area contributed by atoms with Gasteiger partial charge in [-0.1, -0.05) is 20.8 Å². The van der Waals surface area contributed by atoms with E-state index in [1.54, 1.807) is 0 Å². The lowest BCUT2D eigenvalue weighted by atomic mass is 9.96. The molecule has 0 aliphatic carbocycles. The summed E-state index contributed by atoms with van der Waals surface area (Å²) in [5.41, 5.74) is 7.52. The first-order chi connectivity index (χ1) is 7.02. The lowest BCUT2D eigenvalue weighted by Crippen LogP contribution is -2.15. The number of aromatic nitrogens is 3. The van der Waals surface area contributed by atoms with Crippen LogP contribution in [0.3, 0.4) is 0 Å². The molecule has 4 nitrogen and oxygen atoms in total. The van der Waals surface area contributed by atoms with E-state index in [-0.39, 0.29) is 5.41 Å². The van der Waals surface area contributed by atoms with Gasteiger partial charge in [-0.3, -0.25) is 4.40 Å². The van der Waals surface area contributed by atoms with Crippen LogP contribution in [0.15, 0.2) is 18.3 Å². The van der Waals surface area contributed by atoms with E-state index in [1.807, 2.05) is 22.7 Å². The van der Waals surface area contributed by atoms with E-state index in [0.717, 1.165) is 17.0 Å². The molecule has 0 saturated heterocycles. The molecule has 0 radical (unpaired) electrons. The largest absolute Gasteiger partial charge is 0.326 e. The highest BCUT2D eigenvalue weighted by Crippen LogP contribution is 2.20. The van der Waals surface area contributed by atoms with Crippen molar-refractivity contribution in [3.63, 3.8) is 0 Å². The third kappa shape index (κ3) is 1.72. The summed E-state index contributed by atoms with van der Waals surface area (Å²) in [5, 5.41) is 8.37. The maximum atomic E-state index is 5.58. The third-order valence-electron chi connectivity index (χ3n) is 2.38. The molecule has 0 atom stereocenters. The van der Waals surface area contributed by atoms with Gasteiger partial charge in [0.05, 0.1) is 0 Å². The van der Waals surface area contributed by atoms with Gasteiger partial charge in [0.15, 0.2) is 5.65 Å². The summed E-state index contributed by atoms with van der Waals surface area (Å²) in [6.45, 7) is 6.91. The van der Waals surface area contributed by atoms with Gasteiger partial charge in [0.1, 0.15) is 5.82 Å². The quantitative estimate of drug-likeness (QED) is 0.765. The molecule has 2 aromatic heterocycles. The van der Waals surface area contributed by atoms with Crippen molar-refractivity contribution in [2.45, 2.75) is 32.7 Å². The SMILES string of the molecule is CC(C)(C)c1nnc2cc(CN)ccn12. The van der Waals surface area contributed by atoms with Crippen LogP contribution < -0.4 is 5.73 Å². The van der Waals surface area contributed by atoms with Crippen LogP contribution in [0.5, 0.6) is 0 Å². The van der Waals surface area contributed by atoms with E-state index in [1.165, 1.54) is 0 Å². The number of nitrogens with two attached hydrogens (primary N) is 1. The summed E-state index contributed by atoms with van der Waals surface area (Å²) in [5.74, 6) is 0.973. The summed E-state index contributed by atoms with van der Waals surface area (Å²) in [6.07, 6.45) is 1.98. The molecule has 0 saturated carbocycles. The molecule has 0 aliphatic rings. The zero-order valence-corrected chi connectivity index (χ0v) is 9.36. The van der Waals surface area contributed by atoms with Gasteiger partial charge >= 0.3 is 0 Å². The van der Waals surface area contributed by atoms with Crippen LogP contribution in [0, 0.1) is 0 Å². The van der Waals surface area contributed by atoms with Crippen LogP contribution in [0.25, 0.3) is 5.65 Å². The van der Waals surface area contributed by atoms with E-state index in [9.17, 15) is 0 Å². The van der Waals surface area contributed by atoms with Crippen LogP contribution in [-0.2, 0) is 12.0 Å². The van der Waals surface area contributed by atoms with Crippen molar-refractivity contribution < 1.29 is 0 Å². The van der Waals surface area contributed by atoms with Crippen molar-refractivity contribution in [2.75, 3.05) is 0 Å². The van der Waals surface area contributed by atoms with Gasteiger partial charge in [-0.05, 0) is 17.7 Å². The predicted molar refractivity (Wildman–Crippen MR) is 59.6 cm³/mol. The van der Waals surface area contributed by atoms with Crippen molar-refractivity contribution in [3.05, 3.63) is 29.7 Å². The Hall–Kier alpha value is -1.42. The van der Waals surface area contributed by atoms with Gasteiger partial charge in [-0.2, -0.15) is 0 Å². The molecule has 2 rings (SSSR count). The van der Waals surface area contributed by atoms with Crippen molar-refractivity contribution in [1.29, 1.82) is 0 Å². The van der Waals surface area contributed by atoms with Gasteiger partial charge in [-0.15, -0.1) is 10.2 Å². The summed E-state index contributed by atoms with van der Waals surface area (Å²) in [7, 11) is 0. The number of hydrogen-bond acceptors (Lipinski definition) is 3. The summed E-state index contributed by atoms with van der Waals surface area (Å²) in [4.78, 5) is 0. The summed E-state index contributed by atoms with van der Waals surface area (Å²) in [6, 6.07) is 3.98. The highest BCUT2D eigenvalue weighted by atomic mass is 15.2. The van der Waals surface area contributed by atoms with Crippen molar-refractivity contribution in [3.8, 4) is 0 Å². The molecule has 2 aromatic rings. The van der Waals surface area contributed by atoms with Crippen LogP contribution >= 0.6 is 0 Å². The number of fused-ring (bicyclic) bond motifs is 1. The second kappa shape index (κ2) is 3.31. The zero-order valence-electron chi connectivity index (χ0n) is 9.36. The molecule has 0 aromatic carbocycles. The normalized spacial score (nSPS) is 12.3. The smallest absolute Gasteiger partial charge is 0.161 e. The Morgan fingerprint density at radius 2 is 2.07 bits per heavy atom. The van der Waals surface area contributed by atoms with Gasteiger partial charge in [0.25, 0.3) is 0 Å². The van der Waals surface area contributed by atoms with Crippen LogP contribution in [0.2, 0.25) is 0 Å². The fraction of sp³-hybridized carbons (Fsp3) is 0.455. The van der Waals surface area contributed by atoms with Crippen molar-refractivity contribution in [2.24, 2.45) is 5.73 Å². The molecule has 15 heavy (non-hydrogen) atoms. The van der Waals surface area contributed by atoms with Crippen LogP contribution in [0.4, 0.5) is 0 Å².